The molecule has 124 valence electrons. The van der Waals surface area contributed by atoms with Crippen LogP contribution in [0.4, 0.5) is 5.82 Å². The number of amides is 1. The zero-order valence-electron chi connectivity index (χ0n) is 13.9. The number of carbonyl (C=O) groups is 1. The largest absolute Gasteiger partial charge is 0.310 e. The van der Waals surface area contributed by atoms with Gasteiger partial charge in [0.25, 0.3) is 0 Å². The van der Waals surface area contributed by atoms with Crippen LogP contribution in [-0.2, 0) is 4.79 Å². The average molecular weight is 343 g/mol. The Kier molecular flexibility index (Phi) is 4.28. The summed E-state index contributed by atoms with van der Waals surface area (Å²) < 4.78 is 1.64. The Balaban J connectivity index is 2.00. The van der Waals surface area contributed by atoms with Crippen LogP contribution in [-0.4, -0.2) is 26.6 Å². The predicted molar refractivity (Wildman–Crippen MR) is 96.7 cm³/mol. The smallest absolute Gasteiger partial charge is 0.232 e. The highest BCUT2D eigenvalue weighted by molar-refractivity contribution is 6.20. The molecule has 2 heterocycles. The number of halogens is 1. The minimum Gasteiger partial charge on any atom is -0.310 e. The quantitative estimate of drug-likeness (QED) is 0.731. The van der Waals surface area contributed by atoms with Gasteiger partial charge in [-0.3, -0.25) is 4.79 Å². The molecule has 2 aromatic heterocycles. The molecule has 1 amide bonds. The first kappa shape index (κ1) is 16.5. The number of rotatable bonds is 4. The first-order valence-electron chi connectivity index (χ1n) is 7.71. The fraction of sp³-hybridized carbons (Fsp3) is 0.278. The van der Waals surface area contributed by atoms with Crippen molar-refractivity contribution in [2.45, 2.75) is 20.8 Å². The lowest BCUT2D eigenvalue weighted by molar-refractivity contribution is -0.123. The highest BCUT2D eigenvalue weighted by atomic mass is 35.5. The van der Waals surface area contributed by atoms with Crippen molar-refractivity contribution in [1.82, 2.24) is 14.8 Å². The van der Waals surface area contributed by atoms with Crippen molar-refractivity contribution in [2.75, 3.05) is 11.2 Å². The summed E-state index contributed by atoms with van der Waals surface area (Å²) in [5.74, 6) is 1.32. The van der Waals surface area contributed by atoms with Crippen LogP contribution < -0.4 is 5.32 Å². The van der Waals surface area contributed by atoms with Crippen molar-refractivity contribution in [3.05, 3.63) is 48.2 Å². The van der Waals surface area contributed by atoms with E-state index in [0.29, 0.717) is 11.6 Å². The number of pyridine rings is 1. The van der Waals surface area contributed by atoms with Crippen LogP contribution in [0.1, 0.15) is 19.5 Å². The molecule has 1 N–H and O–H groups in total. The number of nitrogens with one attached hydrogen (secondary N) is 1. The third-order valence-corrected chi connectivity index (χ3v) is 4.49. The van der Waals surface area contributed by atoms with Gasteiger partial charge in [-0.2, -0.15) is 9.78 Å². The molecule has 0 fully saturated rings. The van der Waals surface area contributed by atoms with Crippen LogP contribution in [0.25, 0.3) is 16.7 Å². The average Bonchev–Trinajstić information content (AvgIpc) is 2.94. The number of para-hydroxylation sites is 1. The maximum atomic E-state index is 12.4. The summed E-state index contributed by atoms with van der Waals surface area (Å²) in [4.78, 5) is 17.0. The Morgan fingerprint density at radius 3 is 2.75 bits per heavy atom. The molecule has 0 bridgehead atoms. The molecule has 0 atom stereocenters. The molecule has 6 heteroatoms. The summed E-state index contributed by atoms with van der Waals surface area (Å²) >= 11 is 5.89. The predicted octanol–water partition coefficient (Wildman–Crippen LogP) is 3.93. The molecule has 0 aliphatic rings. The van der Waals surface area contributed by atoms with Gasteiger partial charge in [-0.1, -0.05) is 18.2 Å². The second-order valence-corrected chi connectivity index (χ2v) is 6.68. The van der Waals surface area contributed by atoms with Crippen molar-refractivity contribution >= 4 is 34.2 Å². The number of benzene rings is 1. The number of nitrogens with zero attached hydrogens (tertiary/aromatic N) is 3. The maximum Gasteiger partial charge on any atom is 0.232 e. The van der Waals surface area contributed by atoms with E-state index in [0.717, 1.165) is 16.6 Å². The molecule has 3 rings (SSSR count). The first-order chi connectivity index (χ1) is 11.4. The second kappa shape index (κ2) is 6.24. The molecule has 0 radical (unpaired) electrons. The Hall–Kier alpha value is -2.40. The van der Waals surface area contributed by atoms with Crippen molar-refractivity contribution in [2.24, 2.45) is 5.41 Å². The summed E-state index contributed by atoms with van der Waals surface area (Å²) in [5, 5.41) is 8.42. The molecular formula is C18H19ClN4O. The molecule has 3 aromatic rings. The van der Waals surface area contributed by atoms with E-state index in [-0.39, 0.29) is 11.8 Å². The van der Waals surface area contributed by atoms with Crippen LogP contribution in [0.2, 0.25) is 0 Å². The van der Waals surface area contributed by atoms with Crippen LogP contribution >= 0.6 is 11.6 Å². The summed E-state index contributed by atoms with van der Waals surface area (Å²) in [6.45, 7) is 5.48. The highest BCUT2D eigenvalue weighted by Gasteiger charge is 2.27. The van der Waals surface area contributed by atoms with Crippen LogP contribution in [0.3, 0.4) is 0 Å². The van der Waals surface area contributed by atoms with Gasteiger partial charge in [0, 0.05) is 17.3 Å². The van der Waals surface area contributed by atoms with Crippen molar-refractivity contribution < 1.29 is 4.79 Å². The van der Waals surface area contributed by atoms with Crippen molar-refractivity contribution in [1.29, 1.82) is 0 Å². The number of carbonyl (C=O) groups excluding carboxylic acids is 1. The molecule has 0 saturated heterocycles. The first-order valence-corrected chi connectivity index (χ1v) is 8.24. The third kappa shape index (κ3) is 3.12. The number of alkyl halides is 1. The van der Waals surface area contributed by atoms with Gasteiger partial charge in [-0.05, 0) is 39.0 Å². The number of hydrogen-bond donors (Lipinski definition) is 1. The zero-order chi connectivity index (χ0) is 17.3. The van der Waals surface area contributed by atoms with Gasteiger partial charge in [-0.15, -0.1) is 11.6 Å². The van der Waals surface area contributed by atoms with Gasteiger partial charge in [-0.25, -0.2) is 4.98 Å². The lowest BCUT2D eigenvalue weighted by Crippen LogP contribution is -2.33. The molecule has 0 aliphatic heterocycles. The van der Waals surface area contributed by atoms with E-state index < -0.39 is 5.41 Å². The van der Waals surface area contributed by atoms with Crippen LogP contribution in [0.5, 0.6) is 0 Å². The molecule has 0 spiro atoms. The van der Waals surface area contributed by atoms with E-state index in [1.807, 2.05) is 49.4 Å². The van der Waals surface area contributed by atoms with Gasteiger partial charge < -0.3 is 5.32 Å². The molecule has 0 saturated carbocycles. The fourth-order valence-corrected chi connectivity index (χ4v) is 2.40. The summed E-state index contributed by atoms with van der Waals surface area (Å²) in [7, 11) is 0. The Labute approximate surface area is 145 Å². The number of anilines is 1. The zero-order valence-corrected chi connectivity index (χ0v) is 14.6. The van der Waals surface area contributed by atoms with E-state index in [4.69, 9.17) is 11.6 Å². The lowest BCUT2D eigenvalue weighted by atomic mass is 9.95. The van der Waals surface area contributed by atoms with E-state index in [9.17, 15) is 4.79 Å². The number of aryl methyl sites for hydroxylation is 1. The van der Waals surface area contributed by atoms with Gasteiger partial charge in [0.1, 0.15) is 5.82 Å². The van der Waals surface area contributed by atoms with Crippen LogP contribution in [0.15, 0.2) is 42.5 Å². The van der Waals surface area contributed by atoms with E-state index in [2.05, 4.69) is 15.4 Å². The topological polar surface area (TPSA) is 59.8 Å². The summed E-state index contributed by atoms with van der Waals surface area (Å²) in [5.41, 5.74) is 1.01. The highest BCUT2D eigenvalue weighted by Crippen LogP contribution is 2.23. The number of hydrogen-bond acceptors (Lipinski definition) is 3. The van der Waals surface area contributed by atoms with Crippen molar-refractivity contribution in [3.63, 3.8) is 0 Å². The van der Waals surface area contributed by atoms with Gasteiger partial charge >= 0.3 is 0 Å². The SMILES string of the molecule is Cc1cc(NC(=O)C(C)(C)CCl)n(-c2ccc3ccccc3n2)n1. The summed E-state index contributed by atoms with van der Waals surface area (Å²) in [6.07, 6.45) is 0. The minimum atomic E-state index is -0.665. The second-order valence-electron chi connectivity index (χ2n) is 6.42. The molecule has 24 heavy (non-hydrogen) atoms. The normalized spacial score (nSPS) is 11.7. The van der Waals surface area contributed by atoms with Crippen LogP contribution in [0, 0.1) is 12.3 Å². The molecular weight excluding hydrogens is 324 g/mol. The Bertz CT molecular complexity index is 901. The van der Waals surface area contributed by atoms with Gasteiger partial charge in [0.15, 0.2) is 5.82 Å². The molecule has 5 nitrogen and oxygen atoms in total. The maximum absolute atomic E-state index is 12.4. The number of fused-ring (bicyclic) bond motifs is 1. The van der Waals surface area contributed by atoms with Gasteiger partial charge in [0.2, 0.25) is 5.91 Å². The van der Waals surface area contributed by atoms with Gasteiger partial charge in [0.05, 0.1) is 16.6 Å². The standard InChI is InChI=1S/C18H19ClN4O/c1-12-10-16(21-17(24)18(2,3)11-19)23(22-12)15-9-8-13-6-4-5-7-14(13)20-15/h4-10H,11H2,1-3H3,(H,21,24). The lowest BCUT2D eigenvalue weighted by Gasteiger charge is -2.20. The fourth-order valence-electron chi connectivity index (χ4n) is 2.28. The summed E-state index contributed by atoms with van der Waals surface area (Å²) in [6, 6.07) is 13.6. The van der Waals surface area contributed by atoms with E-state index >= 15 is 0 Å². The van der Waals surface area contributed by atoms with E-state index in [1.54, 1.807) is 18.5 Å². The molecule has 0 unspecified atom stereocenters. The Morgan fingerprint density at radius 1 is 1.25 bits per heavy atom. The minimum absolute atomic E-state index is 0.153. The molecule has 1 aromatic carbocycles. The molecule has 0 aliphatic carbocycles. The monoisotopic (exact) mass is 342 g/mol. The third-order valence-electron chi connectivity index (χ3n) is 3.82. The Morgan fingerprint density at radius 2 is 2.00 bits per heavy atom. The van der Waals surface area contributed by atoms with Crippen molar-refractivity contribution in [3.8, 4) is 5.82 Å². The van der Waals surface area contributed by atoms with E-state index in [1.165, 1.54) is 0 Å². The number of aromatic nitrogens is 3.